The Morgan fingerprint density at radius 3 is 2.46 bits per heavy atom. The summed E-state index contributed by atoms with van der Waals surface area (Å²) in [7, 11) is 0. The number of hydrogen-bond acceptors (Lipinski definition) is 4. The first-order chi connectivity index (χ1) is 11.8. The Bertz CT molecular complexity index is 695. The smallest absolute Gasteiger partial charge is 0.237 e. The van der Waals surface area contributed by atoms with Gasteiger partial charge in [-0.15, -0.1) is 0 Å². The van der Waals surface area contributed by atoms with Crippen LogP contribution in [0.5, 0.6) is 0 Å². The number of likely N-dealkylation sites (tertiary alicyclic amines) is 1. The van der Waals surface area contributed by atoms with Gasteiger partial charge in [0.2, 0.25) is 5.89 Å². The zero-order chi connectivity index (χ0) is 16.0. The maximum atomic E-state index is 5.81. The van der Waals surface area contributed by atoms with Crippen molar-refractivity contribution in [3.8, 4) is 0 Å². The topological polar surface area (TPSA) is 42.2 Å². The molecular formula is C20H25N3O. The van der Waals surface area contributed by atoms with E-state index in [4.69, 9.17) is 9.51 Å². The number of rotatable bonds is 5. The van der Waals surface area contributed by atoms with Crippen LogP contribution < -0.4 is 0 Å². The lowest BCUT2D eigenvalue weighted by Gasteiger charge is -2.39. The normalized spacial score (nSPS) is 24.2. The average molecular weight is 323 g/mol. The Labute approximate surface area is 143 Å². The molecule has 0 unspecified atom stereocenters. The largest absolute Gasteiger partial charge is 0.338 e. The Kier molecular flexibility index (Phi) is 3.47. The summed E-state index contributed by atoms with van der Waals surface area (Å²) in [4.78, 5) is 7.48. The van der Waals surface area contributed by atoms with Crippen LogP contribution in [0.25, 0.3) is 0 Å². The maximum Gasteiger partial charge on any atom is 0.237 e. The van der Waals surface area contributed by atoms with Crippen molar-refractivity contribution in [2.45, 2.75) is 49.9 Å². The van der Waals surface area contributed by atoms with E-state index < -0.39 is 0 Å². The molecular weight excluding hydrogens is 298 g/mol. The molecule has 3 aliphatic rings. The Morgan fingerprint density at radius 2 is 1.79 bits per heavy atom. The highest BCUT2D eigenvalue weighted by molar-refractivity contribution is 5.33. The number of nitrogens with zero attached hydrogens (tertiary/aromatic N) is 3. The van der Waals surface area contributed by atoms with Gasteiger partial charge in [0.05, 0.1) is 5.41 Å². The summed E-state index contributed by atoms with van der Waals surface area (Å²) < 4.78 is 5.81. The van der Waals surface area contributed by atoms with Gasteiger partial charge in [0.25, 0.3) is 0 Å². The third-order valence-corrected chi connectivity index (χ3v) is 6.04. The molecule has 2 aromatic rings. The quantitative estimate of drug-likeness (QED) is 0.840. The van der Waals surface area contributed by atoms with E-state index in [0.717, 1.165) is 43.6 Å². The van der Waals surface area contributed by atoms with Gasteiger partial charge in [0.1, 0.15) is 0 Å². The minimum absolute atomic E-state index is 0.0958. The molecule has 4 heteroatoms. The first-order valence-electron chi connectivity index (χ1n) is 9.45. The highest BCUT2D eigenvalue weighted by atomic mass is 16.5. The molecule has 2 aliphatic carbocycles. The van der Waals surface area contributed by atoms with Crippen molar-refractivity contribution in [2.24, 2.45) is 5.92 Å². The van der Waals surface area contributed by atoms with Crippen molar-refractivity contribution in [2.75, 3.05) is 19.6 Å². The van der Waals surface area contributed by atoms with Crippen LogP contribution in [0.3, 0.4) is 0 Å². The van der Waals surface area contributed by atoms with E-state index in [0.29, 0.717) is 5.92 Å². The minimum Gasteiger partial charge on any atom is -0.338 e. The van der Waals surface area contributed by atoms with Crippen LogP contribution in [-0.2, 0) is 5.41 Å². The standard InChI is InChI=1S/C20H25N3O/c1-2-4-17(5-3-1)20(19-21-18(22-24-19)16-8-9-16)10-12-23(13-11-20)14-15-6-7-15/h1-5,15-16H,6-14H2. The Balaban J connectivity index is 1.44. The molecule has 0 bridgehead atoms. The van der Waals surface area contributed by atoms with Gasteiger partial charge in [-0.25, -0.2) is 0 Å². The van der Waals surface area contributed by atoms with E-state index in [1.54, 1.807) is 0 Å². The molecule has 5 rings (SSSR count). The molecule has 0 spiro atoms. The van der Waals surface area contributed by atoms with Crippen LogP contribution in [-0.4, -0.2) is 34.7 Å². The number of aromatic nitrogens is 2. The molecule has 0 radical (unpaired) electrons. The summed E-state index contributed by atoms with van der Waals surface area (Å²) in [5.41, 5.74) is 1.24. The summed E-state index contributed by atoms with van der Waals surface area (Å²) in [5.74, 6) is 3.28. The summed E-state index contributed by atoms with van der Waals surface area (Å²) in [5, 5.41) is 4.30. The van der Waals surface area contributed by atoms with Crippen LogP contribution in [0.2, 0.25) is 0 Å². The molecule has 24 heavy (non-hydrogen) atoms. The lowest BCUT2D eigenvalue weighted by atomic mass is 9.72. The lowest BCUT2D eigenvalue weighted by molar-refractivity contribution is 0.150. The second-order valence-corrected chi connectivity index (χ2v) is 7.92. The Morgan fingerprint density at radius 1 is 1.04 bits per heavy atom. The highest BCUT2D eigenvalue weighted by Gasteiger charge is 2.44. The SMILES string of the molecule is c1ccc(C2(c3nc(C4CC4)no3)CCN(CC3CC3)CC2)cc1. The number of piperidine rings is 1. The van der Waals surface area contributed by atoms with E-state index in [9.17, 15) is 0 Å². The fourth-order valence-electron chi connectivity index (χ4n) is 4.10. The van der Waals surface area contributed by atoms with Gasteiger partial charge in [0.15, 0.2) is 5.82 Å². The first kappa shape index (κ1) is 14.6. The molecule has 2 heterocycles. The molecule has 0 atom stereocenters. The van der Waals surface area contributed by atoms with E-state index in [1.165, 1.54) is 37.8 Å². The third kappa shape index (κ3) is 2.67. The van der Waals surface area contributed by atoms with Gasteiger partial charge in [-0.1, -0.05) is 35.5 Å². The zero-order valence-electron chi connectivity index (χ0n) is 14.2. The number of benzene rings is 1. The van der Waals surface area contributed by atoms with E-state index >= 15 is 0 Å². The van der Waals surface area contributed by atoms with Crippen molar-refractivity contribution in [3.63, 3.8) is 0 Å². The summed E-state index contributed by atoms with van der Waals surface area (Å²) in [6.45, 7) is 3.54. The van der Waals surface area contributed by atoms with Crippen LogP contribution in [0, 0.1) is 5.92 Å². The summed E-state index contributed by atoms with van der Waals surface area (Å²) >= 11 is 0. The maximum absolute atomic E-state index is 5.81. The summed E-state index contributed by atoms with van der Waals surface area (Å²) in [6.07, 6.45) is 7.44. The predicted octanol–water partition coefficient (Wildman–Crippen LogP) is 3.74. The highest BCUT2D eigenvalue weighted by Crippen LogP contribution is 2.44. The molecule has 1 aromatic heterocycles. The summed E-state index contributed by atoms with van der Waals surface area (Å²) in [6, 6.07) is 10.8. The minimum atomic E-state index is -0.0958. The lowest BCUT2D eigenvalue weighted by Crippen LogP contribution is -2.44. The van der Waals surface area contributed by atoms with Gasteiger partial charge in [-0.05, 0) is 63.1 Å². The van der Waals surface area contributed by atoms with Crippen molar-refractivity contribution < 1.29 is 4.52 Å². The fourth-order valence-corrected chi connectivity index (χ4v) is 4.10. The zero-order valence-corrected chi connectivity index (χ0v) is 14.2. The number of hydrogen-bond donors (Lipinski definition) is 0. The van der Waals surface area contributed by atoms with Gasteiger partial charge < -0.3 is 9.42 Å². The van der Waals surface area contributed by atoms with Crippen LogP contribution in [0.15, 0.2) is 34.9 Å². The third-order valence-electron chi connectivity index (χ3n) is 6.04. The van der Waals surface area contributed by atoms with E-state index in [1.807, 2.05) is 0 Å². The van der Waals surface area contributed by atoms with Crippen LogP contribution in [0.4, 0.5) is 0 Å². The molecule has 4 nitrogen and oxygen atoms in total. The molecule has 2 saturated carbocycles. The first-order valence-corrected chi connectivity index (χ1v) is 9.45. The van der Waals surface area contributed by atoms with Crippen molar-refractivity contribution in [1.29, 1.82) is 0 Å². The van der Waals surface area contributed by atoms with Crippen LogP contribution in [0.1, 0.15) is 61.7 Å². The molecule has 126 valence electrons. The molecule has 3 fully saturated rings. The van der Waals surface area contributed by atoms with E-state index in [-0.39, 0.29) is 5.41 Å². The monoisotopic (exact) mass is 323 g/mol. The molecule has 0 amide bonds. The van der Waals surface area contributed by atoms with Gasteiger partial charge in [-0.2, -0.15) is 4.98 Å². The molecule has 1 saturated heterocycles. The molecule has 0 N–H and O–H groups in total. The molecule has 1 aliphatic heterocycles. The van der Waals surface area contributed by atoms with E-state index in [2.05, 4.69) is 40.4 Å². The predicted molar refractivity (Wildman–Crippen MR) is 91.9 cm³/mol. The molecule has 1 aromatic carbocycles. The second-order valence-electron chi connectivity index (χ2n) is 7.92. The van der Waals surface area contributed by atoms with Gasteiger partial charge in [0, 0.05) is 12.5 Å². The van der Waals surface area contributed by atoms with Crippen molar-refractivity contribution in [3.05, 3.63) is 47.6 Å². The van der Waals surface area contributed by atoms with Crippen molar-refractivity contribution in [1.82, 2.24) is 15.0 Å². The van der Waals surface area contributed by atoms with Crippen molar-refractivity contribution >= 4 is 0 Å². The van der Waals surface area contributed by atoms with Gasteiger partial charge in [-0.3, -0.25) is 0 Å². The van der Waals surface area contributed by atoms with Gasteiger partial charge >= 0.3 is 0 Å². The van der Waals surface area contributed by atoms with Crippen LogP contribution >= 0.6 is 0 Å². The second kappa shape index (κ2) is 5.69. The Hall–Kier alpha value is -1.68. The fraction of sp³-hybridized carbons (Fsp3) is 0.600. The average Bonchev–Trinajstić information content (AvgIpc) is 3.57.